The van der Waals surface area contributed by atoms with Crippen LogP contribution in [0, 0.1) is 5.92 Å². The van der Waals surface area contributed by atoms with E-state index in [1.165, 1.54) is 0 Å². The Morgan fingerprint density at radius 2 is 1.90 bits per heavy atom. The number of hydrogen-bond donors (Lipinski definition) is 1. The molecule has 4 heteroatoms. The fourth-order valence-corrected chi connectivity index (χ4v) is 2.57. The van der Waals surface area contributed by atoms with E-state index >= 15 is 0 Å². The molecule has 0 spiro atoms. The van der Waals surface area contributed by atoms with Crippen molar-refractivity contribution in [2.45, 2.75) is 40.0 Å². The Kier molecular flexibility index (Phi) is 4.89. The molecule has 0 radical (unpaired) electrons. The molecule has 0 saturated heterocycles. The standard InChI is InChI=1S/C17H24N2O2/c1-5-6-16-15(11-12(2)3)17(20)18-19(16)13-7-9-14(21-4)10-8-13/h7-10,12H,5-6,11H2,1-4H3,(H,18,20). The Hall–Kier alpha value is -1.97. The molecule has 0 unspecified atom stereocenters. The van der Waals surface area contributed by atoms with Gasteiger partial charge in [-0.25, -0.2) is 0 Å². The summed E-state index contributed by atoms with van der Waals surface area (Å²) in [6, 6.07) is 7.75. The highest BCUT2D eigenvalue weighted by molar-refractivity contribution is 5.39. The molecule has 0 aliphatic carbocycles. The van der Waals surface area contributed by atoms with Crippen LogP contribution in [-0.2, 0) is 12.8 Å². The summed E-state index contributed by atoms with van der Waals surface area (Å²) in [5.41, 5.74) is 3.01. The van der Waals surface area contributed by atoms with Crippen LogP contribution < -0.4 is 10.3 Å². The third kappa shape index (κ3) is 3.38. The van der Waals surface area contributed by atoms with Crippen molar-refractivity contribution >= 4 is 0 Å². The second-order valence-corrected chi connectivity index (χ2v) is 5.75. The van der Waals surface area contributed by atoms with E-state index in [1.54, 1.807) is 7.11 Å². The molecular formula is C17H24N2O2. The first-order valence-corrected chi connectivity index (χ1v) is 7.54. The van der Waals surface area contributed by atoms with Crippen LogP contribution >= 0.6 is 0 Å². The topological polar surface area (TPSA) is 47.0 Å². The van der Waals surface area contributed by atoms with Gasteiger partial charge < -0.3 is 4.74 Å². The molecule has 1 heterocycles. The van der Waals surface area contributed by atoms with Crippen LogP contribution in [0.1, 0.15) is 38.4 Å². The molecule has 0 fully saturated rings. The lowest BCUT2D eigenvalue weighted by Crippen LogP contribution is -2.10. The van der Waals surface area contributed by atoms with Gasteiger partial charge >= 0.3 is 0 Å². The molecule has 0 bridgehead atoms. The molecule has 4 nitrogen and oxygen atoms in total. The predicted octanol–water partition coefficient (Wildman–Crippen LogP) is 3.33. The van der Waals surface area contributed by atoms with Gasteiger partial charge in [0.15, 0.2) is 0 Å². The monoisotopic (exact) mass is 288 g/mol. The molecule has 0 saturated carbocycles. The largest absolute Gasteiger partial charge is 0.497 e. The van der Waals surface area contributed by atoms with Crippen molar-refractivity contribution in [2.75, 3.05) is 7.11 Å². The maximum absolute atomic E-state index is 12.3. The molecule has 2 rings (SSSR count). The fourth-order valence-electron chi connectivity index (χ4n) is 2.57. The Morgan fingerprint density at radius 3 is 2.43 bits per heavy atom. The molecule has 1 aromatic carbocycles. The first-order valence-electron chi connectivity index (χ1n) is 7.54. The van der Waals surface area contributed by atoms with Crippen molar-refractivity contribution in [1.82, 2.24) is 9.78 Å². The number of ether oxygens (including phenoxy) is 1. The third-order valence-corrected chi connectivity index (χ3v) is 3.54. The lowest BCUT2D eigenvalue weighted by atomic mass is 10.0. The quantitative estimate of drug-likeness (QED) is 0.886. The fraction of sp³-hybridized carbons (Fsp3) is 0.471. The van der Waals surface area contributed by atoms with Gasteiger partial charge in [0.05, 0.1) is 12.8 Å². The minimum atomic E-state index is 0.0305. The number of hydrogen-bond acceptors (Lipinski definition) is 2. The second-order valence-electron chi connectivity index (χ2n) is 5.75. The summed E-state index contributed by atoms with van der Waals surface area (Å²) in [7, 11) is 1.65. The van der Waals surface area contributed by atoms with Crippen LogP contribution in [0.3, 0.4) is 0 Å². The van der Waals surface area contributed by atoms with Gasteiger partial charge in [-0.15, -0.1) is 0 Å². The van der Waals surface area contributed by atoms with Gasteiger partial charge in [0.25, 0.3) is 5.56 Å². The normalized spacial score (nSPS) is 11.1. The summed E-state index contributed by atoms with van der Waals surface area (Å²) in [6.45, 7) is 6.41. The highest BCUT2D eigenvalue weighted by Gasteiger charge is 2.16. The maximum Gasteiger partial charge on any atom is 0.267 e. The smallest absolute Gasteiger partial charge is 0.267 e. The number of methoxy groups -OCH3 is 1. The van der Waals surface area contributed by atoms with Crippen molar-refractivity contribution < 1.29 is 4.74 Å². The molecule has 2 aromatic rings. The summed E-state index contributed by atoms with van der Waals surface area (Å²) < 4.78 is 7.10. The summed E-state index contributed by atoms with van der Waals surface area (Å²) in [5, 5.41) is 2.98. The highest BCUT2D eigenvalue weighted by atomic mass is 16.5. The van der Waals surface area contributed by atoms with E-state index in [1.807, 2.05) is 28.9 Å². The van der Waals surface area contributed by atoms with Crippen molar-refractivity contribution in [2.24, 2.45) is 5.92 Å². The SMILES string of the molecule is CCCc1c(CC(C)C)c(=O)[nH]n1-c1ccc(OC)cc1. The lowest BCUT2D eigenvalue weighted by Gasteiger charge is -2.11. The number of rotatable bonds is 6. The van der Waals surface area contributed by atoms with Crippen LogP contribution in [0.5, 0.6) is 5.75 Å². The minimum Gasteiger partial charge on any atom is -0.497 e. The molecule has 1 N–H and O–H groups in total. The number of nitrogens with zero attached hydrogens (tertiary/aromatic N) is 1. The highest BCUT2D eigenvalue weighted by Crippen LogP contribution is 2.19. The Morgan fingerprint density at radius 1 is 1.24 bits per heavy atom. The van der Waals surface area contributed by atoms with E-state index < -0.39 is 0 Å². The van der Waals surface area contributed by atoms with E-state index in [4.69, 9.17) is 4.74 Å². The Balaban J connectivity index is 2.48. The van der Waals surface area contributed by atoms with E-state index in [0.717, 1.165) is 42.0 Å². The van der Waals surface area contributed by atoms with Crippen molar-refractivity contribution in [1.29, 1.82) is 0 Å². The Labute approximate surface area is 125 Å². The van der Waals surface area contributed by atoms with Crippen molar-refractivity contribution in [3.8, 4) is 11.4 Å². The van der Waals surface area contributed by atoms with Crippen LogP contribution in [0.25, 0.3) is 5.69 Å². The lowest BCUT2D eigenvalue weighted by molar-refractivity contribution is 0.414. The molecule has 0 aliphatic rings. The van der Waals surface area contributed by atoms with Gasteiger partial charge in [-0.05, 0) is 43.0 Å². The van der Waals surface area contributed by atoms with Gasteiger partial charge in [-0.1, -0.05) is 27.2 Å². The number of H-pyrrole nitrogens is 1. The van der Waals surface area contributed by atoms with Gasteiger partial charge in [0.1, 0.15) is 5.75 Å². The number of aromatic amines is 1. The first-order chi connectivity index (χ1) is 10.1. The third-order valence-electron chi connectivity index (χ3n) is 3.54. The van der Waals surface area contributed by atoms with Gasteiger partial charge in [-0.2, -0.15) is 0 Å². The van der Waals surface area contributed by atoms with E-state index in [-0.39, 0.29) is 5.56 Å². The zero-order chi connectivity index (χ0) is 15.4. The Bertz CT molecular complexity index is 636. The van der Waals surface area contributed by atoms with E-state index in [2.05, 4.69) is 25.9 Å². The van der Waals surface area contributed by atoms with Crippen LogP contribution in [-0.4, -0.2) is 16.9 Å². The summed E-state index contributed by atoms with van der Waals surface area (Å²) >= 11 is 0. The summed E-state index contributed by atoms with van der Waals surface area (Å²) in [6.07, 6.45) is 2.72. The zero-order valence-electron chi connectivity index (χ0n) is 13.3. The summed E-state index contributed by atoms with van der Waals surface area (Å²) in [4.78, 5) is 12.3. The van der Waals surface area contributed by atoms with Crippen LogP contribution in [0.4, 0.5) is 0 Å². The number of benzene rings is 1. The van der Waals surface area contributed by atoms with E-state index in [0.29, 0.717) is 5.92 Å². The van der Waals surface area contributed by atoms with Crippen LogP contribution in [0.15, 0.2) is 29.1 Å². The number of aromatic nitrogens is 2. The minimum absolute atomic E-state index is 0.0305. The summed E-state index contributed by atoms with van der Waals surface area (Å²) in [5.74, 6) is 1.28. The molecular weight excluding hydrogens is 264 g/mol. The van der Waals surface area contributed by atoms with Crippen molar-refractivity contribution in [3.05, 3.63) is 45.9 Å². The van der Waals surface area contributed by atoms with Gasteiger partial charge in [0, 0.05) is 11.3 Å². The van der Waals surface area contributed by atoms with E-state index in [9.17, 15) is 4.79 Å². The molecule has 21 heavy (non-hydrogen) atoms. The predicted molar refractivity (Wildman–Crippen MR) is 85.5 cm³/mol. The average molecular weight is 288 g/mol. The average Bonchev–Trinajstić information content (AvgIpc) is 2.76. The van der Waals surface area contributed by atoms with Gasteiger partial charge in [0.2, 0.25) is 0 Å². The first kappa shape index (κ1) is 15.4. The van der Waals surface area contributed by atoms with Gasteiger partial charge in [-0.3, -0.25) is 14.6 Å². The zero-order valence-corrected chi connectivity index (χ0v) is 13.3. The second kappa shape index (κ2) is 6.66. The molecule has 114 valence electrons. The molecule has 0 aliphatic heterocycles. The molecule has 1 aromatic heterocycles. The number of nitrogens with one attached hydrogen (secondary N) is 1. The maximum atomic E-state index is 12.3. The van der Waals surface area contributed by atoms with Crippen LogP contribution in [0.2, 0.25) is 0 Å². The molecule has 0 atom stereocenters. The van der Waals surface area contributed by atoms with Crippen molar-refractivity contribution in [3.63, 3.8) is 0 Å². The molecule has 0 amide bonds.